The van der Waals surface area contributed by atoms with Crippen molar-refractivity contribution >= 4 is 29.0 Å². The summed E-state index contributed by atoms with van der Waals surface area (Å²) >= 11 is 0. The predicted octanol–water partition coefficient (Wildman–Crippen LogP) is 4.95. The summed E-state index contributed by atoms with van der Waals surface area (Å²) in [4.78, 5) is 34.5. The fourth-order valence-corrected chi connectivity index (χ4v) is 4.05. The highest BCUT2D eigenvalue weighted by atomic mass is 19.1. The molecule has 0 radical (unpaired) electrons. The predicted molar refractivity (Wildman–Crippen MR) is 148 cm³/mol. The second-order valence-electron chi connectivity index (χ2n) is 8.44. The monoisotopic (exact) mass is 522 g/mol. The minimum Gasteiger partial charge on any atom is -0.457 e. The number of carbonyl (C=O) groups is 1. The number of halogens is 1. The molecule has 2 heterocycles. The van der Waals surface area contributed by atoms with Gasteiger partial charge in [-0.25, -0.2) is 23.7 Å². The maximum atomic E-state index is 13.8. The molecule has 0 bridgehead atoms. The van der Waals surface area contributed by atoms with E-state index in [2.05, 4.69) is 9.97 Å². The highest BCUT2D eigenvalue weighted by Crippen LogP contribution is 2.27. The van der Waals surface area contributed by atoms with E-state index in [0.29, 0.717) is 39.7 Å². The molecule has 10 heteroatoms. The van der Waals surface area contributed by atoms with Gasteiger partial charge in [-0.15, -0.1) is 0 Å². The van der Waals surface area contributed by atoms with Crippen LogP contribution in [0.1, 0.15) is 0 Å². The second kappa shape index (κ2) is 10.9. The number of benzene rings is 3. The first kappa shape index (κ1) is 25.2. The molecule has 0 aliphatic rings. The lowest BCUT2D eigenvalue weighted by atomic mass is 10.2. The molecule has 3 aromatic carbocycles. The number of carbonyl (C=O) groups excluding carboxylic acids is 1. The van der Waals surface area contributed by atoms with Crippen molar-refractivity contribution < 1.29 is 13.9 Å². The number of hydrogen-bond donors (Lipinski definition) is 1. The molecule has 0 unspecified atom stereocenters. The lowest BCUT2D eigenvalue weighted by Gasteiger charge is -2.15. The Balaban J connectivity index is 1.56. The number of anilines is 2. The van der Waals surface area contributed by atoms with Gasteiger partial charge in [0.1, 0.15) is 23.3 Å². The maximum absolute atomic E-state index is 13.8. The van der Waals surface area contributed by atoms with E-state index >= 15 is 0 Å². The van der Waals surface area contributed by atoms with Crippen LogP contribution in [0.4, 0.5) is 15.9 Å². The van der Waals surface area contributed by atoms with E-state index in [-0.39, 0.29) is 17.8 Å². The standard InChI is InChI=1S/C29H23FN6O3/c1-34(16-6-7-20(30)18-37)22-8-5-9-23(17-22)36-28-26(27(31)32-19-33-28)35(29(36)38)21-12-14-25(15-13-21)39-24-10-3-2-4-11-24/h2-19H,1H3,(H2,31,32,33)/b16-6-,20-7+. The van der Waals surface area contributed by atoms with E-state index < -0.39 is 5.83 Å². The number of para-hydroxylation sites is 1. The molecule has 2 aromatic heterocycles. The van der Waals surface area contributed by atoms with Crippen LogP contribution in [0.15, 0.2) is 114 Å². The second-order valence-corrected chi connectivity index (χ2v) is 8.44. The molecule has 0 fully saturated rings. The fraction of sp³-hybridized carbons (Fsp3) is 0.0345. The maximum Gasteiger partial charge on any atom is 0.339 e. The molecule has 0 aliphatic carbocycles. The number of fused-ring (bicyclic) bond motifs is 1. The number of hydrogen-bond acceptors (Lipinski definition) is 7. The number of aromatic nitrogens is 4. The van der Waals surface area contributed by atoms with E-state index in [1.54, 1.807) is 60.6 Å². The molecule has 0 saturated heterocycles. The van der Waals surface area contributed by atoms with Gasteiger partial charge in [0.25, 0.3) is 0 Å². The molecule has 5 aromatic rings. The normalized spacial score (nSPS) is 11.7. The molecule has 0 atom stereocenters. The van der Waals surface area contributed by atoms with Gasteiger partial charge in [-0.1, -0.05) is 24.3 Å². The van der Waals surface area contributed by atoms with Crippen LogP contribution < -0.4 is 21.1 Å². The molecule has 0 spiro atoms. The van der Waals surface area contributed by atoms with E-state index in [0.717, 1.165) is 6.08 Å². The number of rotatable bonds is 8. The van der Waals surface area contributed by atoms with E-state index in [4.69, 9.17) is 10.5 Å². The number of nitrogens with two attached hydrogens (primary N) is 1. The molecular weight excluding hydrogens is 499 g/mol. The summed E-state index contributed by atoms with van der Waals surface area (Å²) in [6.45, 7) is 0. The lowest BCUT2D eigenvalue weighted by molar-refractivity contribution is -0.106. The summed E-state index contributed by atoms with van der Waals surface area (Å²) in [6, 6.07) is 23.6. The van der Waals surface area contributed by atoms with Crippen molar-refractivity contribution in [3.63, 3.8) is 0 Å². The first-order valence-corrected chi connectivity index (χ1v) is 11.9. The number of imidazole rings is 1. The molecule has 2 N–H and O–H groups in total. The van der Waals surface area contributed by atoms with Crippen LogP contribution in [0.5, 0.6) is 11.5 Å². The van der Waals surface area contributed by atoms with Gasteiger partial charge in [0.05, 0.1) is 11.4 Å². The van der Waals surface area contributed by atoms with Gasteiger partial charge in [-0.05, 0) is 66.7 Å². The number of ether oxygens (including phenoxy) is 1. The minimum absolute atomic E-state index is 0.130. The van der Waals surface area contributed by atoms with Crippen molar-refractivity contribution in [1.29, 1.82) is 0 Å². The summed E-state index contributed by atoms with van der Waals surface area (Å²) in [6.07, 6.45) is 5.49. The first-order valence-electron chi connectivity index (χ1n) is 11.9. The van der Waals surface area contributed by atoms with Gasteiger partial charge in [-0.2, -0.15) is 0 Å². The van der Waals surface area contributed by atoms with Crippen molar-refractivity contribution in [3.8, 4) is 22.9 Å². The van der Waals surface area contributed by atoms with Gasteiger partial charge < -0.3 is 15.4 Å². The Morgan fingerprint density at radius 1 is 0.949 bits per heavy atom. The van der Waals surface area contributed by atoms with Crippen LogP contribution in [0, 0.1) is 0 Å². The van der Waals surface area contributed by atoms with Gasteiger partial charge in [0.2, 0.25) is 0 Å². The van der Waals surface area contributed by atoms with E-state index in [9.17, 15) is 14.0 Å². The highest BCUT2D eigenvalue weighted by Gasteiger charge is 2.20. The quantitative estimate of drug-likeness (QED) is 0.175. The average Bonchev–Trinajstić information content (AvgIpc) is 3.26. The van der Waals surface area contributed by atoms with Crippen LogP contribution in [0.2, 0.25) is 0 Å². The minimum atomic E-state index is -0.885. The summed E-state index contributed by atoms with van der Waals surface area (Å²) in [5.41, 5.74) is 8.35. The Kier molecular flexibility index (Phi) is 7.00. The SMILES string of the molecule is CN(/C=C\C=C(\F)C=O)c1cccc(-n2c(=O)n(-c3ccc(Oc4ccccc4)cc3)c3c(N)ncnc32)c1. The molecule has 5 rings (SSSR count). The number of nitrogen functional groups attached to an aromatic ring is 1. The number of aldehydes is 1. The van der Waals surface area contributed by atoms with Crippen molar-refractivity contribution in [3.05, 3.63) is 120 Å². The molecule has 0 amide bonds. The molecule has 0 aliphatic heterocycles. The van der Waals surface area contributed by atoms with Crippen LogP contribution in [-0.2, 0) is 4.79 Å². The van der Waals surface area contributed by atoms with Crippen LogP contribution in [-0.4, -0.2) is 32.4 Å². The topological polar surface area (TPSA) is 108 Å². The van der Waals surface area contributed by atoms with Crippen molar-refractivity contribution in [1.82, 2.24) is 19.1 Å². The Morgan fingerprint density at radius 3 is 2.44 bits per heavy atom. The highest BCUT2D eigenvalue weighted by molar-refractivity contribution is 5.85. The van der Waals surface area contributed by atoms with Gasteiger partial charge >= 0.3 is 5.69 Å². The van der Waals surface area contributed by atoms with Crippen molar-refractivity contribution in [2.24, 2.45) is 0 Å². The smallest absolute Gasteiger partial charge is 0.339 e. The average molecular weight is 523 g/mol. The number of allylic oxidation sites excluding steroid dienone is 3. The summed E-state index contributed by atoms with van der Waals surface area (Å²) in [7, 11) is 1.76. The summed E-state index contributed by atoms with van der Waals surface area (Å²) < 4.78 is 21.9. The van der Waals surface area contributed by atoms with E-state index in [1.807, 2.05) is 36.4 Å². The third-order valence-electron chi connectivity index (χ3n) is 5.90. The molecule has 9 nitrogen and oxygen atoms in total. The Labute approximate surface area is 222 Å². The molecule has 0 saturated carbocycles. The third-order valence-corrected chi connectivity index (χ3v) is 5.90. The van der Waals surface area contributed by atoms with Gasteiger partial charge in [0.15, 0.2) is 23.6 Å². The zero-order chi connectivity index (χ0) is 27.4. The lowest BCUT2D eigenvalue weighted by Crippen LogP contribution is -2.22. The zero-order valence-electron chi connectivity index (χ0n) is 20.8. The molecule has 39 heavy (non-hydrogen) atoms. The fourth-order valence-electron chi connectivity index (χ4n) is 4.05. The van der Waals surface area contributed by atoms with Crippen LogP contribution in [0.25, 0.3) is 22.5 Å². The Bertz CT molecular complexity index is 1760. The third kappa shape index (κ3) is 5.16. The van der Waals surface area contributed by atoms with E-state index in [1.165, 1.54) is 21.5 Å². The number of nitrogens with zero attached hydrogens (tertiary/aromatic N) is 5. The molecule has 194 valence electrons. The largest absolute Gasteiger partial charge is 0.457 e. The van der Waals surface area contributed by atoms with Crippen molar-refractivity contribution in [2.75, 3.05) is 17.7 Å². The zero-order valence-corrected chi connectivity index (χ0v) is 20.8. The van der Waals surface area contributed by atoms with Gasteiger partial charge in [-0.3, -0.25) is 9.36 Å². The van der Waals surface area contributed by atoms with Gasteiger partial charge in [0, 0.05) is 18.9 Å². The van der Waals surface area contributed by atoms with Crippen molar-refractivity contribution in [2.45, 2.75) is 0 Å². The summed E-state index contributed by atoms with van der Waals surface area (Å²) in [5.74, 6) is 0.573. The van der Waals surface area contributed by atoms with Crippen LogP contribution in [0.3, 0.4) is 0 Å². The Morgan fingerprint density at radius 2 is 1.69 bits per heavy atom. The van der Waals surface area contributed by atoms with Crippen LogP contribution >= 0.6 is 0 Å². The summed E-state index contributed by atoms with van der Waals surface area (Å²) in [5, 5.41) is 0. The Hall–Kier alpha value is -5.51. The molecular formula is C29H23FN6O3. The first-order chi connectivity index (χ1) is 19.0.